The number of rotatable bonds is 5. The number of aryl methyl sites for hydroxylation is 3. The van der Waals surface area contributed by atoms with Crippen molar-refractivity contribution in [3.8, 4) is 0 Å². The van der Waals surface area contributed by atoms with E-state index in [1.54, 1.807) is 6.92 Å². The monoisotopic (exact) mass is 268 g/mol. The Balaban J connectivity index is 1.70. The van der Waals surface area contributed by atoms with Gasteiger partial charge in [-0.15, -0.1) is 11.3 Å². The molecule has 2 rings (SSSR count). The summed E-state index contributed by atoms with van der Waals surface area (Å²) in [6.07, 6.45) is 6.48. The van der Waals surface area contributed by atoms with Gasteiger partial charge in [0.25, 0.3) is 0 Å². The molecule has 0 saturated carbocycles. The maximum absolute atomic E-state index is 11.1. The zero-order valence-corrected chi connectivity index (χ0v) is 11.6. The first-order valence-corrected chi connectivity index (χ1v) is 7.49. The van der Waals surface area contributed by atoms with E-state index in [4.69, 9.17) is 4.74 Å². The second-order valence-electron chi connectivity index (χ2n) is 4.44. The molecule has 0 aliphatic heterocycles. The number of alkyl carbamates (subject to hydrolysis) is 1. The molecule has 0 aromatic carbocycles. The number of carbonyl (C=O) groups excluding carboxylic acids is 1. The van der Waals surface area contributed by atoms with Crippen molar-refractivity contribution in [3.05, 3.63) is 15.6 Å². The molecule has 1 N–H and O–H groups in total. The summed E-state index contributed by atoms with van der Waals surface area (Å²) < 4.78 is 4.80. The van der Waals surface area contributed by atoms with Crippen LogP contribution in [0.15, 0.2) is 0 Å². The number of hydrogen-bond acceptors (Lipinski definition) is 4. The zero-order chi connectivity index (χ0) is 12.8. The number of fused-ring (bicyclic) bond motifs is 1. The highest BCUT2D eigenvalue weighted by atomic mass is 32.1. The van der Waals surface area contributed by atoms with Crippen LogP contribution in [0.25, 0.3) is 0 Å². The Hall–Kier alpha value is -1.10. The minimum absolute atomic E-state index is 0.323. The molecule has 0 fully saturated rings. The summed E-state index contributed by atoms with van der Waals surface area (Å²) in [5, 5.41) is 3.95. The van der Waals surface area contributed by atoms with Gasteiger partial charge in [0.05, 0.1) is 17.3 Å². The Bertz CT molecular complexity index is 380. The zero-order valence-electron chi connectivity index (χ0n) is 10.8. The highest BCUT2D eigenvalue weighted by Crippen LogP contribution is 2.27. The van der Waals surface area contributed by atoms with Crippen molar-refractivity contribution < 1.29 is 9.53 Å². The van der Waals surface area contributed by atoms with Crippen LogP contribution in [-0.2, 0) is 24.0 Å². The van der Waals surface area contributed by atoms with Gasteiger partial charge in [-0.05, 0) is 39.0 Å². The van der Waals surface area contributed by atoms with Crippen molar-refractivity contribution in [1.29, 1.82) is 0 Å². The van der Waals surface area contributed by atoms with Crippen LogP contribution in [0.4, 0.5) is 4.79 Å². The minimum atomic E-state index is -0.323. The Morgan fingerprint density at radius 3 is 3.06 bits per heavy atom. The third-order valence-electron chi connectivity index (χ3n) is 3.00. The van der Waals surface area contributed by atoms with Gasteiger partial charge in [-0.1, -0.05) is 0 Å². The Labute approximate surface area is 112 Å². The largest absolute Gasteiger partial charge is 0.450 e. The van der Waals surface area contributed by atoms with E-state index in [9.17, 15) is 4.79 Å². The summed E-state index contributed by atoms with van der Waals surface area (Å²) in [7, 11) is 0. The summed E-state index contributed by atoms with van der Waals surface area (Å²) in [4.78, 5) is 17.2. The van der Waals surface area contributed by atoms with E-state index in [-0.39, 0.29) is 6.09 Å². The fraction of sp³-hybridized carbons (Fsp3) is 0.692. The van der Waals surface area contributed by atoms with E-state index < -0.39 is 0 Å². The molecule has 0 radical (unpaired) electrons. The van der Waals surface area contributed by atoms with E-state index >= 15 is 0 Å². The Kier molecular flexibility index (Phi) is 4.99. The molecule has 18 heavy (non-hydrogen) atoms. The van der Waals surface area contributed by atoms with E-state index in [1.165, 1.54) is 34.8 Å². The molecule has 0 saturated heterocycles. The van der Waals surface area contributed by atoms with Gasteiger partial charge in [0.15, 0.2) is 0 Å². The van der Waals surface area contributed by atoms with Crippen LogP contribution < -0.4 is 5.32 Å². The molecule has 0 atom stereocenters. The van der Waals surface area contributed by atoms with Crippen LogP contribution in [0.2, 0.25) is 0 Å². The number of amides is 1. The number of nitrogens with zero attached hydrogens (tertiary/aromatic N) is 1. The van der Waals surface area contributed by atoms with Crippen molar-refractivity contribution in [2.75, 3.05) is 13.2 Å². The van der Waals surface area contributed by atoms with Gasteiger partial charge in [-0.25, -0.2) is 9.78 Å². The molecule has 5 heteroatoms. The maximum atomic E-state index is 11.1. The smallest absolute Gasteiger partial charge is 0.407 e. The molecule has 0 spiro atoms. The average molecular weight is 268 g/mol. The van der Waals surface area contributed by atoms with Gasteiger partial charge in [0.1, 0.15) is 0 Å². The molecule has 0 bridgehead atoms. The predicted molar refractivity (Wildman–Crippen MR) is 72.1 cm³/mol. The van der Waals surface area contributed by atoms with Gasteiger partial charge in [0, 0.05) is 17.8 Å². The van der Waals surface area contributed by atoms with Crippen LogP contribution in [0, 0.1) is 0 Å². The lowest BCUT2D eigenvalue weighted by Gasteiger charge is -2.06. The van der Waals surface area contributed by atoms with Crippen LogP contribution >= 0.6 is 11.3 Å². The molecule has 1 aromatic heterocycles. The third kappa shape index (κ3) is 3.70. The number of hydrogen-bond donors (Lipinski definition) is 1. The lowest BCUT2D eigenvalue weighted by Crippen LogP contribution is -2.25. The molecule has 1 aliphatic rings. The third-order valence-corrected chi connectivity index (χ3v) is 4.22. The summed E-state index contributed by atoms with van der Waals surface area (Å²) in [6, 6.07) is 0. The molecule has 4 nitrogen and oxygen atoms in total. The van der Waals surface area contributed by atoms with Crippen LogP contribution in [-0.4, -0.2) is 24.2 Å². The summed E-state index contributed by atoms with van der Waals surface area (Å²) in [6.45, 7) is 2.88. The standard InChI is InChI=1S/C13H20N2O2S/c1-2-17-13(16)14-9-5-8-12-15-10-6-3-4-7-11(10)18-12/h2-9H2,1H3,(H,14,16). The molecule has 1 heterocycles. The quantitative estimate of drug-likeness (QED) is 0.835. The summed E-state index contributed by atoms with van der Waals surface area (Å²) >= 11 is 1.85. The first kappa shape index (κ1) is 13.3. The fourth-order valence-corrected chi connectivity index (χ4v) is 3.32. The van der Waals surface area contributed by atoms with Crippen molar-refractivity contribution in [2.24, 2.45) is 0 Å². The number of thiazole rings is 1. The van der Waals surface area contributed by atoms with Gasteiger partial charge >= 0.3 is 6.09 Å². The van der Waals surface area contributed by atoms with E-state index in [2.05, 4.69) is 10.3 Å². The lowest BCUT2D eigenvalue weighted by molar-refractivity contribution is 0.152. The first-order valence-electron chi connectivity index (χ1n) is 6.67. The lowest BCUT2D eigenvalue weighted by atomic mass is 10.0. The fourth-order valence-electron chi connectivity index (χ4n) is 2.12. The highest BCUT2D eigenvalue weighted by Gasteiger charge is 2.14. The van der Waals surface area contributed by atoms with E-state index in [1.807, 2.05) is 11.3 Å². The van der Waals surface area contributed by atoms with Crippen molar-refractivity contribution in [2.45, 2.75) is 45.4 Å². The van der Waals surface area contributed by atoms with Crippen LogP contribution in [0.1, 0.15) is 41.8 Å². The van der Waals surface area contributed by atoms with E-state index in [0.29, 0.717) is 13.2 Å². The second kappa shape index (κ2) is 6.73. The molecular weight excluding hydrogens is 248 g/mol. The molecule has 1 aromatic rings. The van der Waals surface area contributed by atoms with Gasteiger partial charge in [-0.3, -0.25) is 0 Å². The number of ether oxygens (including phenoxy) is 1. The second-order valence-corrected chi connectivity index (χ2v) is 5.60. The Morgan fingerprint density at radius 2 is 2.28 bits per heavy atom. The number of aromatic nitrogens is 1. The topological polar surface area (TPSA) is 51.2 Å². The SMILES string of the molecule is CCOC(=O)NCCCc1nc2c(s1)CCCC2. The van der Waals surface area contributed by atoms with Crippen molar-refractivity contribution in [3.63, 3.8) is 0 Å². The average Bonchev–Trinajstić information content (AvgIpc) is 2.77. The van der Waals surface area contributed by atoms with Crippen molar-refractivity contribution >= 4 is 17.4 Å². The Morgan fingerprint density at radius 1 is 1.44 bits per heavy atom. The normalized spacial score (nSPS) is 14.1. The first-order chi connectivity index (χ1) is 8.79. The highest BCUT2D eigenvalue weighted by molar-refractivity contribution is 7.11. The maximum Gasteiger partial charge on any atom is 0.407 e. The molecule has 0 unspecified atom stereocenters. The minimum Gasteiger partial charge on any atom is -0.450 e. The van der Waals surface area contributed by atoms with Crippen LogP contribution in [0.3, 0.4) is 0 Å². The van der Waals surface area contributed by atoms with Crippen molar-refractivity contribution in [1.82, 2.24) is 10.3 Å². The van der Waals surface area contributed by atoms with Gasteiger partial charge in [0.2, 0.25) is 0 Å². The van der Waals surface area contributed by atoms with Crippen LogP contribution in [0.5, 0.6) is 0 Å². The summed E-state index contributed by atoms with van der Waals surface area (Å²) in [5.41, 5.74) is 1.32. The molecule has 1 amide bonds. The van der Waals surface area contributed by atoms with Gasteiger partial charge in [-0.2, -0.15) is 0 Å². The van der Waals surface area contributed by atoms with E-state index in [0.717, 1.165) is 19.3 Å². The number of carbonyl (C=O) groups is 1. The summed E-state index contributed by atoms with van der Waals surface area (Å²) in [5.74, 6) is 0. The van der Waals surface area contributed by atoms with Gasteiger partial charge < -0.3 is 10.1 Å². The molecular formula is C13H20N2O2S. The molecule has 1 aliphatic carbocycles. The molecule has 100 valence electrons. The number of nitrogens with one attached hydrogen (secondary N) is 1. The predicted octanol–water partition coefficient (Wildman–Crippen LogP) is 2.70.